The third-order valence-corrected chi connectivity index (χ3v) is 3.77. The highest BCUT2D eigenvalue weighted by molar-refractivity contribution is 5.83. The maximum absolute atomic E-state index is 11.8. The molecule has 2 heterocycles. The number of fused-ring (bicyclic) bond motifs is 2. The Labute approximate surface area is 129 Å². The molecular formula is C17H12N4O2. The molecule has 0 fully saturated rings. The molecule has 0 atom stereocenters. The SMILES string of the molecule is O=c1nc(Cc2nc(=O)[nH]c3ccccc23)c2ccccc2[nH]1. The molecule has 0 aliphatic heterocycles. The van der Waals surface area contributed by atoms with Crippen LogP contribution in [0.4, 0.5) is 0 Å². The second kappa shape index (κ2) is 5.17. The topological polar surface area (TPSA) is 91.5 Å². The number of hydrogen-bond acceptors (Lipinski definition) is 4. The van der Waals surface area contributed by atoms with Crippen LogP contribution >= 0.6 is 0 Å². The van der Waals surface area contributed by atoms with E-state index in [1.165, 1.54) is 0 Å². The van der Waals surface area contributed by atoms with E-state index in [-0.39, 0.29) is 0 Å². The quantitative estimate of drug-likeness (QED) is 0.590. The summed E-state index contributed by atoms with van der Waals surface area (Å²) in [5.41, 5.74) is 1.83. The largest absolute Gasteiger partial charge is 0.345 e. The Morgan fingerprint density at radius 3 is 1.61 bits per heavy atom. The normalized spacial score (nSPS) is 11.1. The predicted molar refractivity (Wildman–Crippen MR) is 87.5 cm³/mol. The molecule has 112 valence electrons. The van der Waals surface area contributed by atoms with Gasteiger partial charge in [0.25, 0.3) is 0 Å². The maximum Gasteiger partial charge on any atom is 0.345 e. The summed E-state index contributed by atoms with van der Waals surface area (Å²) in [7, 11) is 0. The number of rotatable bonds is 2. The van der Waals surface area contributed by atoms with Gasteiger partial charge in [-0.05, 0) is 12.1 Å². The summed E-state index contributed by atoms with van der Waals surface area (Å²) in [4.78, 5) is 37.1. The van der Waals surface area contributed by atoms with Crippen LogP contribution in [0.5, 0.6) is 0 Å². The third-order valence-electron chi connectivity index (χ3n) is 3.77. The monoisotopic (exact) mass is 304 g/mol. The van der Waals surface area contributed by atoms with Crippen molar-refractivity contribution in [1.82, 2.24) is 19.9 Å². The van der Waals surface area contributed by atoms with Crippen molar-refractivity contribution < 1.29 is 0 Å². The highest BCUT2D eigenvalue weighted by atomic mass is 16.1. The second-order valence-corrected chi connectivity index (χ2v) is 5.25. The van der Waals surface area contributed by atoms with Crippen molar-refractivity contribution in [3.8, 4) is 0 Å². The molecular weight excluding hydrogens is 292 g/mol. The van der Waals surface area contributed by atoms with Crippen LogP contribution in [0.15, 0.2) is 58.1 Å². The van der Waals surface area contributed by atoms with Crippen molar-refractivity contribution in [2.24, 2.45) is 0 Å². The second-order valence-electron chi connectivity index (χ2n) is 5.25. The minimum absolute atomic E-state index is 0.314. The molecule has 0 aliphatic carbocycles. The molecule has 6 nitrogen and oxygen atoms in total. The number of benzene rings is 2. The summed E-state index contributed by atoms with van der Waals surface area (Å²) in [6.07, 6.45) is 0.314. The molecule has 6 heteroatoms. The van der Waals surface area contributed by atoms with E-state index in [0.717, 1.165) is 21.8 Å². The minimum atomic E-state index is -0.409. The standard InChI is InChI=1S/C17H12N4O2/c22-16-18-12-7-3-1-5-10(12)14(20-16)9-15-11-6-2-4-8-13(11)19-17(23)21-15/h1-8H,9H2,(H,18,20,22)(H,19,21,23). The van der Waals surface area contributed by atoms with E-state index in [2.05, 4.69) is 19.9 Å². The number of para-hydroxylation sites is 2. The Balaban J connectivity index is 1.95. The lowest BCUT2D eigenvalue weighted by Gasteiger charge is -2.07. The van der Waals surface area contributed by atoms with Gasteiger partial charge in [-0.1, -0.05) is 36.4 Å². The molecule has 2 aromatic heterocycles. The van der Waals surface area contributed by atoms with Gasteiger partial charge in [-0.25, -0.2) is 9.59 Å². The fourth-order valence-electron chi connectivity index (χ4n) is 2.77. The van der Waals surface area contributed by atoms with E-state index in [1.807, 2.05) is 48.5 Å². The van der Waals surface area contributed by atoms with Gasteiger partial charge in [0.15, 0.2) is 0 Å². The number of H-pyrrole nitrogens is 2. The van der Waals surface area contributed by atoms with E-state index in [0.29, 0.717) is 17.8 Å². The minimum Gasteiger partial charge on any atom is -0.305 e. The van der Waals surface area contributed by atoms with Gasteiger partial charge in [-0.15, -0.1) is 0 Å². The van der Waals surface area contributed by atoms with Crippen LogP contribution in [0.2, 0.25) is 0 Å². The Hall–Kier alpha value is -3.28. The van der Waals surface area contributed by atoms with Gasteiger partial charge in [-0.3, -0.25) is 0 Å². The van der Waals surface area contributed by atoms with Gasteiger partial charge in [0.1, 0.15) is 0 Å². The molecule has 0 saturated heterocycles. The molecule has 0 saturated carbocycles. The van der Waals surface area contributed by atoms with Crippen LogP contribution in [0.1, 0.15) is 11.4 Å². The number of nitrogens with one attached hydrogen (secondary N) is 2. The number of aromatic nitrogens is 4. The summed E-state index contributed by atoms with van der Waals surface area (Å²) < 4.78 is 0. The van der Waals surface area contributed by atoms with Crippen molar-refractivity contribution in [2.75, 3.05) is 0 Å². The number of hydrogen-bond donors (Lipinski definition) is 2. The molecule has 2 aromatic carbocycles. The summed E-state index contributed by atoms with van der Waals surface area (Å²) in [6.45, 7) is 0. The van der Waals surface area contributed by atoms with Gasteiger partial charge in [0.05, 0.1) is 22.4 Å². The number of aromatic amines is 2. The van der Waals surface area contributed by atoms with Gasteiger partial charge < -0.3 is 9.97 Å². The van der Waals surface area contributed by atoms with Crippen molar-refractivity contribution in [3.63, 3.8) is 0 Å². The molecule has 0 bridgehead atoms. The lowest BCUT2D eigenvalue weighted by molar-refractivity contribution is 0.962. The van der Waals surface area contributed by atoms with Gasteiger partial charge in [0, 0.05) is 17.2 Å². The highest BCUT2D eigenvalue weighted by Gasteiger charge is 2.10. The van der Waals surface area contributed by atoms with E-state index in [9.17, 15) is 9.59 Å². The first-order valence-electron chi connectivity index (χ1n) is 7.16. The van der Waals surface area contributed by atoms with Crippen LogP contribution in [0.25, 0.3) is 21.8 Å². The fraction of sp³-hybridized carbons (Fsp3) is 0.0588. The van der Waals surface area contributed by atoms with E-state index < -0.39 is 11.4 Å². The number of nitrogens with zero attached hydrogens (tertiary/aromatic N) is 2. The van der Waals surface area contributed by atoms with Crippen molar-refractivity contribution >= 4 is 21.8 Å². The first-order valence-corrected chi connectivity index (χ1v) is 7.16. The molecule has 0 radical (unpaired) electrons. The fourth-order valence-corrected chi connectivity index (χ4v) is 2.77. The highest BCUT2D eigenvalue weighted by Crippen LogP contribution is 2.19. The molecule has 0 amide bonds. The van der Waals surface area contributed by atoms with E-state index in [1.54, 1.807) is 0 Å². The summed E-state index contributed by atoms with van der Waals surface area (Å²) in [5.74, 6) is 0. The van der Waals surface area contributed by atoms with Crippen molar-refractivity contribution in [1.29, 1.82) is 0 Å². The maximum atomic E-state index is 11.8. The lowest BCUT2D eigenvalue weighted by atomic mass is 10.1. The van der Waals surface area contributed by atoms with Crippen molar-refractivity contribution in [2.45, 2.75) is 6.42 Å². The first kappa shape index (κ1) is 13.4. The lowest BCUT2D eigenvalue weighted by Crippen LogP contribution is -2.17. The smallest absolute Gasteiger partial charge is 0.305 e. The van der Waals surface area contributed by atoms with Crippen LogP contribution in [-0.2, 0) is 6.42 Å². The Bertz CT molecular complexity index is 1050. The van der Waals surface area contributed by atoms with Crippen molar-refractivity contribution in [3.05, 3.63) is 80.9 Å². The summed E-state index contributed by atoms with van der Waals surface area (Å²) >= 11 is 0. The van der Waals surface area contributed by atoms with E-state index in [4.69, 9.17) is 0 Å². The Kier molecular flexibility index (Phi) is 3.01. The van der Waals surface area contributed by atoms with Crippen LogP contribution in [-0.4, -0.2) is 19.9 Å². The molecule has 4 aromatic rings. The first-order chi connectivity index (χ1) is 11.2. The van der Waals surface area contributed by atoms with Gasteiger partial charge in [-0.2, -0.15) is 9.97 Å². The molecule has 2 N–H and O–H groups in total. The van der Waals surface area contributed by atoms with Gasteiger partial charge in [0.2, 0.25) is 0 Å². The molecule has 4 rings (SSSR count). The average molecular weight is 304 g/mol. The molecule has 0 aliphatic rings. The van der Waals surface area contributed by atoms with Crippen LogP contribution < -0.4 is 11.4 Å². The Morgan fingerprint density at radius 2 is 1.13 bits per heavy atom. The summed E-state index contributed by atoms with van der Waals surface area (Å²) in [6, 6.07) is 14.9. The van der Waals surface area contributed by atoms with Crippen LogP contribution in [0.3, 0.4) is 0 Å². The average Bonchev–Trinajstić information content (AvgIpc) is 2.54. The van der Waals surface area contributed by atoms with E-state index >= 15 is 0 Å². The molecule has 0 spiro atoms. The Morgan fingerprint density at radius 1 is 0.696 bits per heavy atom. The zero-order chi connectivity index (χ0) is 15.8. The molecule has 23 heavy (non-hydrogen) atoms. The predicted octanol–water partition coefficient (Wildman–Crippen LogP) is 1.75. The summed E-state index contributed by atoms with van der Waals surface area (Å²) in [5, 5.41) is 1.69. The third kappa shape index (κ3) is 2.40. The molecule has 0 unspecified atom stereocenters. The van der Waals surface area contributed by atoms with Crippen LogP contribution in [0, 0.1) is 0 Å². The zero-order valence-corrected chi connectivity index (χ0v) is 12.0. The van der Waals surface area contributed by atoms with Gasteiger partial charge >= 0.3 is 11.4 Å². The zero-order valence-electron chi connectivity index (χ0n) is 12.0.